The Balaban J connectivity index is 0.000000271. The molecule has 64 heavy (non-hydrogen) atoms. The molecule has 0 spiro atoms. The first kappa shape index (κ1) is 50.1. The third-order valence-electron chi connectivity index (χ3n) is 8.27. The minimum absolute atomic E-state index is 0.0585. The third-order valence-corrected chi connectivity index (χ3v) is 8.27. The summed E-state index contributed by atoms with van der Waals surface area (Å²) in [4.78, 5) is 0. The maximum atomic E-state index is 14.6. The molecule has 0 aliphatic rings. The van der Waals surface area contributed by atoms with Gasteiger partial charge in [-0.05, 0) is 31.2 Å². The van der Waals surface area contributed by atoms with Crippen molar-refractivity contribution in [2.45, 2.75) is 43.5 Å². The van der Waals surface area contributed by atoms with Gasteiger partial charge in [-0.1, -0.05) is 22.6 Å². The first-order chi connectivity index (χ1) is 29.4. The molecule has 0 radical (unpaired) electrons. The van der Waals surface area contributed by atoms with Crippen molar-refractivity contribution in [3.63, 3.8) is 0 Å². The number of nitrogen functional groups attached to an aromatic ring is 1. The molecule has 4 heterocycles. The Kier molecular flexibility index (Phi) is 13.7. The van der Waals surface area contributed by atoms with Crippen LogP contribution in [0.5, 0.6) is 0 Å². The van der Waals surface area contributed by atoms with Gasteiger partial charge in [0.25, 0.3) is 0 Å². The van der Waals surface area contributed by atoms with Crippen LogP contribution >= 0.6 is 0 Å². The van der Waals surface area contributed by atoms with Gasteiger partial charge in [0.15, 0.2) is 34.7 Å². The summed E-state index contributed by atoms with van der Waals surface area (Å²) in [6.07, 6.45) is -22.5. The lowest BCUT2D eigenvalue weighted by Gasteiger charge is -2.19. The minimum Gasteiger partial charge on any atom is -0.400 e. The fourth-order valence-corrected chi connectivity index (χ4v) is 5.57. The van der Waals surface area contributed by atoms with Crippen molar-refractivity contribution in [2.75, 3.05) is 24.7 Å². The van der Waals surface area contributed by atoms with Crippen LogP contribution < -0.4 is 11.1 Å². The Hall–Kier alpha value is -6.56. The predicted octanol–water partition coefficient (Wildman–Crippen LogP) is 8.58. The molecule has 0 saturated carbocycles. The lowest BCUT2D eigenvalue weighted by Crippen LogP contribution is -2.36. The predicted molar refractivity (Wildman–Crippen MR) is 184 cm³/mol. The van der Waals surface area contributed by atoms with Crippen molar-refractivity contribution in [1.82, 2.24) is 49.5 Å². The standard InChI is InChI=1S/C17H13F9N6.C15H9F9N6.CH4O/c1-3-27-9-6-4-5-8(12(9)18)10-7-32(30-28-10)14-11(16(21,22)23)13(29-31(14)2)15(19,20)17(24,25)26;1-29-12(9(14(19,20)21)11(27-29)13(17,18)15(22,23)24)30-5-8(26-28-30)6-3-2-4-7(25)10(6)16;1-2/h4-7,27H,3H2,1-2H3;2-5H,25H2,1H3;2H,1H3. The van der Waals surface area contributed by atoms with E-state index in [1.54, 1.807) is 6.92 Å². The van der Waals surface area contributed by atoms with E-state index in [4.69, 9.17) is 10.8 Å². The van der Waals surface area contributed by atoms with E-state index in [-0.39, 0.29) is 47.9 Å². The summed E-state index contributed by atoms with van der Waals surface area (Å²) in [5.74, 6) is -16.1. The highest BCUT2D eigenvalue weighted by Crippen LogP contribution is 2.51. The number of aryl methyl sites for hydroxylation is 2. The summed E-state index contributed by atoms with van der Waals surface area (Å²) in [6.45, 7) is 2.05. The number of hydrogen-bond donors (Lipinski definition) is 3. The highest BCUT2D eigenvalue weighted by Gasteiger charge is 2.65. The molecule has 0 aliphatic heterocycles. The van der Waals surface area contributed by atoms with Crippen LogP contribution in [0.4, 0.5) is 90.4 Å². The Morgan fingerprint density at radius 1 is 0.594 bits per heavy atom. The van der Waals surface area contributed by atoms with Crippen LogP contribution in [0.25, 0.3) is 34.2 Å². The van der Waals surface area contributed by atoms with Gasteiger partial charge in [0, 0.05) is 38.9 Å². The van der Waals surface area contributed by atoms with Gasteiger partial charge in [0.05, 0.1) is 23.8 Å². The number of hydrogen-bond acceptors (Lipinski definition) is 9. The smallest absolute Gasteiger partial charge is 0.400 e. The molecule has 13 nitrogen and oxygen atoms in total. The number of nitrogens with two attached hydrogens (primary N) is 1. The van der Waals surface area contributed by atoms with E-state index in [0.29, 0.717) is 24.5 Å². The van der Waals surface area contributed by atoms with Crippen LogP contribution in [-0.2, 0) is 38.3 Å². The third kappa shape index (κ3) is 9.37. The van der Waals surface area contributed by atoms with E-state index < -0.39 is 82.3 Å². The van der Waals surface area contributed by atoms with Crippen LogP contribution in [0.3, 0.4) is 0 Å². The number of aliphatic hydroxyl groups is 1. The molecular weight excluding hydrogens is 922 g/mol. The summed E-state index contributed by atoms with van der Waals surface area (Å²) in [6, 6.07) is 7.71. The fourth-order valence-electron chi connectivity index (χ4n) is 5.57. The Labute approximate surface area is 344 Å². The summed E-state index contributed by atoms with van der Waals surface area (Å²) in [5.41, 5.74) is -5.77. The highest BCUT2D eigenvalue weighted by molar-refractivity contribution is 5.66. The maximum Gasteiger partial charge on any atom is 0.459 e. The lowest BCUT2D eigenvalue weighted by atomic mass is 10.1. The zero-order chi connectivity index (χ0) is 48.7. The second kappa shape index (κ2) is 17.5. The van der Waals surface area contributed by atoms with Crippen LogP contribution in [-0.4, -0.2) is 80.7 Å². The molecule has 350 valence electrons. The van der Waals surface area contributed by atoms with E-state index in [2.05, 4.69) is 36.1 Å². The number of aromatic nitrogens is 10. The molecule has 2 aromatic carbocycles. The quantitative estimate of drug-likeness (QED) is 0.101. The van der Waals surface area contributed by atoms with Crippen LogP contribution in [0.2, 0.25) is 0 Å². The molecule has 0 fully saturated rings. The maximum absolute atomic E-state index is 14.6. The number of nitrogens with zero attached hydrogens (tertiary/aromatic N) is 10. The number of benzene rings is 2. The average Bonchev–Trinajstić information content (AvgIpc) is 3.99. The Bertz CT molecular complexity index is 2580. The molecule has 0 bridgehead atoms. The Morgan fingerprint density at radius 2 is 0.969 bits per heavy atom. The molecule has 0 atom stereocenters. The van der Waals surface area contributed by atoms with Gasteiger partial charge in [-0.25, -0.2) is 27.5 Å². The first-order valence-corrected chi connectivity index (χ1v) is 16.9. The summed E-state index contributed by atoms with van der Waals surface area (Å²) >= 11 is 0. The summed E-state index contributed by atoms with van der Waals surface area (Å²) < 4.78 is 242. The molecule has 4 aromatic heterocycles. The number of halogens is 18. The van der Waals surface area contributed by atoms with Crippen LogP contribution in [0.15, 0.2) is 48.8 Å². The zero-order valence-electron chi connectivity index (χ0n) is 32.1. The number of nitrogens with one attached hydrogen (secondary N) is 1. The average molecular weight is 949 g/mol. The van der Waals surface area contributed by atoms with Crippen LogP contribution in [0, 0.1) is 11.6 Å². The lowest BCUT2D eigenvalue weighted by molar-refractivity contribution is -0.292. The summed E-state index contributed by atoms with van der Waals surface area (Å²) in [7, 11) is 2.44. The molecule has 0 aliphatic carbocycles. The molecule has 0 unspecified atom stereocenters. The normalized spacial score (nSPS) is 12.7. The second-order valence-electron chi connectivity index (χ2n) is 12.5. The van der Waals surface area contributed by atoms with Crippen molar-refractivity contribution in [1.29, 1.82) is 0 Å². The largest absolute Gasteiger partial charge is 0.459 e. The monoisotopic (exact) mass is 948 g/mol. The van der Waals surface area contributed by atoms with Crippen molar-refractivity contribution in [3.8, 4) is 34.2 Å². The topological polar surface area (TPSA) is 155 Å². The molecule has 4 N–H and O–H groups in total. The van der Waals surface area contributed by atoms with Gasteiger partial charge in [-0.3, -0.25) is 0 Å². The van der Waals surface area contributed by atoms with Gasteiger partial charge >= 0.3 is 36.6 Å². The van der Waals surface area contributed by atoms with Gasteiger partial charge in [0.1, 0.15) is 22.5 Å². The van der Waals surface area contributed by atoms with Crippen molar-refractivity contribution >= 4 is 11.4 Å². The number of aliphatic hydroxyl groups excluding tert-OH is 1. The van der Waals surface area contributed by atoms with E-state index >= 15 is 0 Å². The van der Waals surface area contributed by atoms with Crippen molar-refractivity contribution in [3.05, 3.63) is 82.9 Å². The minimum atomic E-state index is -6.34. The fraction of sp³-hybridized carbons (Fsp3) is 0.333. The first-order valence-electron chi connectivity index (χ1n) is 16.9. The highest BCUT2D eigenvalue weighted by atomic mass is 19.4. The van der Waals surface area contributed by atoms with E-state index in [1.165, 1.54) is 30.3 Å². The van der Waals surface area contributed by atoms with Crippen molar-refractivity contribution in [2.24, 2.45) is 14.1 Å². The summed E-state index contributed by atoms with van der Waals surface area (Å²) in [5, 5.41) is 28.9. The number of rotatable bonds is 8. The van der Waals surface area contributed by atoms with Crippen LogP contribution in [0.1, 0.15) is 29.4 Å². The Morgan fingerprint density at radius 3 is 1.33 bits per heavy atom. The van der Waals surface area contributed by atoms with E-state index in [1.807, 2.05) is 0 Å². The second-order valence-corrected chi connectivity index (χ2v) is 12.5. The SMILES string of the molecule is CCNc1cccc(-c2cn(-c3c(C(F)(F)F)c(C(F)(F)C(F)(F)F)nn3C)nn2)c1F.CO.Cn1nc(C(F)(F)C(F)(F)F)c(C(F)(F)F)c1-n1cc(-c2cccc(N)c2F)nn1. The van der Waals surface area contributed by atoms with Gasteiger partial charge in [0.2, 0.25) is 0 Å². The van der Waals surface area contributed by atoms with E-state index in [9.17, 15) is 79.0 Å². The molecule has 0 saturated heterocycles. The molecular formula is C33H26F18N12O. The number of alkyl halides is 16. The van der Waals surface area contributed by atoms with Crippen molar-refractivity contribution < 1.29 is 84.1 Å². The zero-order valence-corrected chi connectivity index (χ0v) is 32.1. The van der Waals surface area contributed by atoms with E-state index in [0.717, 1.165) is 26.4 Å². The number of anilines is 2. The molecule has 31 heteroatoms. The van der Waals surface area contributed by atoms with Gasteiger partial charge in [-0.2, -0.15) is 80.4 Å². The molecule has 0 amide bonds. The molecule has 6 aromatic rings. The van der Waals surface area contributed by atoms with Gasteiger partial charge in [-0.15, -0.1) is 10.2 Å². The molecule has 6 rings (SSSR count). The van der Waals surface area contributed by atoms with Gasteiger partial charge < -0.3 is 16.2 Å².